The quantitative estimate of drug-likeness (QED) is 0.647. The first-order chi connectivity index (χ1) is 11.3. The summed E-state index contributed by atoms with van der Waals surface area (Å²) in [6.07, 6.45) is 1.36. The summed E-state index contributed by atoms with van der Waals surface area (Å²) in [5.41, 5.74) is 0. The van der Waals surface area contributed by atoms with Crippen LogP contribution in [0, 0.1) is 17.8 Å². The number of carboxylic acids is 1. The predicted octanol–water partition coefficient (Wildman–Crippen LogP) is -0.236. The van der Waals surface area contributed by atoms with Crippen molar-refractivity contribution in [2.45, 2.75) is 51.4 Å². The molecule has 3 aliphatic rings. The molecule has 8 nitrogen and oxygen atoms in total. The van der Waals surface area contributed by atoms with Crippen LogP contribution >= 0.6 is 0 Å². The van der Waals surface area contributed by atoms with E-state index in [4.69, 9.17) is 9.84 Å². The van der Waals surface area contributed by atoms with E-state index in [1.165, 1.54) is 0 Å². The van der Waals surface area contributed by atoms with Crippen molar-refractivity contribution < 1.29 is 29.0 Å². The number of hydrogen-bond acceptors (Lipinski definition) is 5. The maximum atomic E-state index is 12.4. The van der Waals surface area contributed by atoms with Crippen molar-refractivity contribution >= 4 is 23.7 Å². The van der Waals surface area contributed by atoms with Crippen LogP contribution in [0.3, 0.4) is 0 Å². The molecule has 5 atom stereocenters. The van der Waals surface area contributed by atoms with Crippen molar-refractivity contribution in [3.05, 3.63) is 0 Å². The van der Waals surface area contributed by atoms with E-state index >= 15 is 0 Å². The molecule has 0 aromatic heterocycles. The largest absolute Gasteiger partial charge is 0.480 e. The van der Waals surface area contributed by atoms with Gasteiger partial charge in [0.15, 0.2) is 0 Å². The Bertz CT molecular complexity index is 561. The van der Waals surface area contributed by atoms with Crippen molar-refractivity contribution in [1.82, 2.24) is 10.2 Å². The number of carboxylic acid groups (broad SMARTS) is 1. The molecule has 3 aliphatic heterocycles. The Kier molecular flexibility index (Phi) is 4.33. The highest BCUT2D eigenvalue weighted by Crippen LogP contribution is 2.48. The molecule has 2 bridgehead atoms. The maximum Gasteiger partial charge on any atom is 0.326 e. The fourth-order valence-electron chi connectivity index (χ4n) is 4.01. The minimum atomic E-state index is -1.13. The molecule has 0 saturated carbocycles. The van der Waals surface area contributed by atoms with Gasteiger partial charge in [-0.05, 0) is 25.2 Å². The van der Waals surface area contributed by atoms with E-state index in [2.05, 4.69) is 5.32 Å². The number of carbonyl (C=O) groups excluding carboxylic acids is 3. The van der Waals surface area contributed by atoms with Gasteiger partial charge in [0.2, 0.25) is 17.7 Å². The molecule has 0 aromatic carbocycles. The van der Waals surface area contributed by atoms with Crippen LogP contribution in [0.5, 0.6) is 0 Å². The predicted molar refractivity (Wildman–Crippen MR) is 80.6 cm³/mol. The zero-order valence-electron chi connectivity index (χ0n) is 13.7. The molecule has 0 radical (unpaired) electrons. The summed E-state index contributed by atoms with van der Waals surface area (Å²) >= 11 is 0. The van der Waals surface area contributed by atoms with E-state index in [0.29, 0.717) is 0 Å². The first kappa shape index (κ1) is 16.9. The van der Waals surface area contributed by atoms with Crippen LogP contribution in [0.1, 0.15) is 33.1 Å². The number of imide groups is 1. The second kappa shape index (κ2) is 6.16. The average Bonchev–Trinajstić information content (AvgIpc) is 3.16. The molecular formula is C16H22N2O6. The summed E-state index contributed by atoms with van der Waals surface area (Å²) in [5, 5.41) is 11.6. The number of ether oxygens (including phenoxy) is 1. The van der Waals surface area contributed by atoms with Gasteiger partial charge in [0.1, 0.15) is 12.6 Å². The van der Waals surface area contributed by atoms with Crippen LogP contribution in [0.15, 0.2) is 0 Å². The summed E-state index contributed by atoms with van der Waals surface area (Å²) in [4.78, 5) is 49.2. The Morgan fingerprint density at radius 3 is 2.21 bits per heavy atom. The number of amides is 3. The van der Waals surface area contributed by atoms with Crippen molar-refractivity contribution in [2.75, 3.05) is 6.54 Å². The van der Waals surface area contributed by atoms with Crippen LogP contribution in [0.4, 0.5) is 0 Å². The summed E-state index contributed by atoms with van der Waals surface area (Å²) in [6.45, 7) is 3.28. The first-order valence-corrected chi connectivity index (χ1v) is 8.32. The van der Waals surface area contributed by atoms with Gasteiger partial charge in [-0.2, -0.15) is 0 Å². The molecule has 132 valence electrons. The zero-order chi connectivity index (χ0) is 17.6. The molecule has 5 unspecified atom stereocenters. The minimum absolute atomic E-state index is 0.0913. The number of aliphatic carboxylic acids is 1. The highest BCUT2D eigenvalue weighted by Gasteiger charge is 2.62. The molecule has 24 heavy (non-hydrogen) atoms. The number of carbonyl (C=O) groups is 4. The second-order valence-corrected chi connectivity index (χ2v) is 7.19. The van der Waals surface area contributed by atoms with Crippen LogP contribution < -0.4 is 5.32 Å². The Morgan fingerprint density at radius 2 is 1.75 bits per heavy atom. The Morgan fingerprint density at radius 1 is 1.21 bits per heavy atom. The van der Waals surface area contributed by atoms with Gasteiger partial charge in [-0.3, -0.25) is 19.3 Å². The summed E-state index contributed by atoms with van der Waals surface area (Å²) in [7, 11) is 0. The van der Waals surface area contributed by atoms with Crippen LogP contribution in [-0.4, -0.2) is 58.5 Å². The first-order valence-electron chi connectivity index (χ1n) is 8.32. The number of hydrogen-bond donors (Lipinski definition) is 2. The van der Waals surface area contributed by atoms with Gasteiger partial charge in [-0.1, -0.05) is 13.8 Å². The fraction of sp³-hybridized carbons (Fsp3) is 0.750. The normalized spacial score (nSPS) is 32.4. The highest BCUT2D eigenvalue weighted by molar-refractivity contribution is 6.08. The molecule has 8 heteroatoms. The van der Waals surface area contributed by atoms with Gasteiger partial charge in [-0.25, -0.2) is 4.79 Å². The molecule has 0 aliphatic carbocycles. The van der Waals surface area contributed by atoms with Crippen LogP contribution in [0.2, 0.25) is 0 Å². The number of nitrogens with one attached hydrogen (secondary N) is 1. The smallest absolute Gasteiger partial charge is 0.326 e. The number of nitrogens with zero attached hydrogens (tertiary/aromatic N) is 1. The van der Waals surface area contributed by atoms with Crippen LogP contribution in [0.25, 0.3) is 0 Å². The lowest BCUT2D eigenvalue weighted by Crippen LogP contribution is -2.48. The lowest BCUT2D eigenvalue weighted by molar-refractivity contribution is -0.146. The van der Waals surface area contributed by atoms with Gasteiger partial charge < -0.3 is 15.2 Å². The molecule has 0 aromatic rings. The van der Waals surface area contributed by atoms with Crippen molar-refractivity contribution in [3.63, 3.8) is 0 Å². The zero-order valence-corrected chi connectivity index (χ0v) is 13.7. The van der Waals surface area contributed by atoms with Gasteiger partial charge in [0, 0.05) is 0 Å². The highest BCUT2D eigenvalue weighted by atomic mass is 16.5. The summed E-state index contributed by atoms with van der Waals surface area (Å²) < 4.78 is 5.63. The van der Waals surface area contributed by atoms with Gasteiger partial charge >= 0.3 is 5.97 Å². The van der Waals surface area contributed by atoms with E-state index < -0.39 is 36.3 Å². The standard InChI is InChI=1S/C16H22N2O6/c1-7(2)5-8(16(22)23)17-11(19)6-18-14(20)12-9-3-4-10(24-9)13(12)15(18)21/h7-10,12-13H,3-6H2,1-2H3,(H,17,19)(H,22,23). The molecule has 3 amide bonds. The SMILES string of the molecule is CC(C)CC(NC(=O)CN1C(=O)C2C3CCC(O3)C2C1=O)C(=O)O. The molecule has 2 N–H and O–H groups in total. The molecule has 3 fully saturated rings. The molecule has 3 heterocycles. The number of rotatable bonds is 6. The third-order valence-electron chi connectivity index (χ3n) is 5.02. The second-order valence-electron chi connectivity index (χ2n) is 7.19. The fourth-order valence-corrected chi connectivity index (χ4v) is 4.01. The molecular weight excluding hydrogens is 316 g/mol. The van der Waals surface area contributed by atoms with E-state index in [1.54, 1.807) is 0 Å². The summed E-state index contributed by atoms with van der Waals surface area (Å²) in [5.74, 6) is -3.36. The van der Waals surface area contributed by atoms with E-state index in [9.17, 15) is 19.2 Å². The summed E-state index contributed by atoms with van der Waals surface area (Å²) in [6, 6.07) is -1.02. The Balaban J connectivity index is 1.63. The average molecular weight is 338 g/mol. The van der Waals surface area contributed by atoms with Crippen LogP contribution in [-0.2, 0) is 23.9 Å². The molecule has 3 saturated heterocycles. The van der Waals surface area contributed by atoms with Crippen molar-refractivity contribution in [3.8, 4) is 0 Å². The maximum absolute atomic E-state index is 12.4. The topological polar surface area (TPSA) is 113 Å². The monoisotopic (exact) mass is 338 g/mol. The van der Waals surface area contributed by atoms with Gasteiger partial charge in [0.05, 0.1) is 24.0 Å². The Labute approximate surface area is 139 Å². The lowest BCUT2D eigenvalue weighted by Gasteiger charge is -2.20. The van der Waals surface area contributed by atoms with Gasteiger partial charge in [-0.15, -0.1) is 0 Å². The minimum Gasteiger partial charge on any atom is -0.480 e. The van der Waals surface area contributed by atoms with Crippen molar-refractivity contribution in [1.29, 1.82) is 0 Å². The molecule has 3 rings (SSSR count). The van der Waals surface area contributed by atoms with Gasteiger partial charge in [0.25, 0.3) is 0 Å². The lowest BCUT2D eigenvalue weighted by atomic mass is 9.81. The number of likely N-dealkylation sites (tertiary alicyclic amines) is 1. The third kappa shape index (κ3) is 2.79. The third-order valence-corrected chi connectivity index (χ3v) is 5.02. The van der Waals surface area contributed by atoms with Crippen molar-refractivity contribution in [2.24, 2.45) is 17.8 Å². The Hall–Kier alpha value is -1.96. The van der Waals surface area contributed by atoms with E-state index in [-0.39, 0.29) is 36.4 Å². The van der Waals surface area contributed by atoms with E-state index in [0.717, 1.165) is 17.7 Å². The molecule has 0 spiro atoms. The van der Waals surface area contributed by atoms with E-state index in [1.807, 2.05) is 13.8 Å². The number of fused-ring (bicyclic) bond motifs is 5.